The number of halogens is 2. The quantitative estimate of drug-likeness (QED) is 0.543. The Hall–Kier alpha value is -3.47. The summed E-state index contributed by atoms with van der Waals surface area (Å²) >= 11 is 0. The molecule has 0 spiro atoms. The van der Waals surface area contributed by atoms with Gasteiger partial charge in [0.2, 0.25) is 12.7 Å². The lowest BCUT2D eigenvalue weighted by molar-refractivity contribution is -0.140. The number of carbonyl (C=O) groups excluding carboxylic acids is 2. The molecule has 0 bridgehead atoms. The van der Waals surface area contributed by atoms with E-state index in [2.05, 4.69) is 5.32 Å². The fourth-order valence-corrected chi connectivity index (χ4v) is 6.32. The SMILES string of the molecule is C[Si](C)(C)c1c(F)cc(NC(=O)[C@H]2c3ccc4c(c3CCN2C(=O)CCCC(=O)O)OCO4)cc1F. The van der Waals surface area contributed by atoms with Crippen LogP contribution in [0.5, 0.6) is 11.5 Å². The van der Waals surface area contributed by atoms with E-state index in [1.165, 1.54) is 4.90 Å². The fraction of sp³-hybridized carbons (Fsp3) is 0.400. The third kappa shape index (κ3) is 5.06. The van der Waals surface area contributed by atoms with Crippen molar-refractivity contribution in [2.75, 3.05) is 18.7 Å². The van der Waals surface area contributed by atoms with Crippen LogP contribution in [0, 0.1) is 11.6 Å². The van der Waals surface area contributed by atoms with Crippen molar-refractivity contribution in [2.45, 2.75) is 51.4 Å². The molecule has 11 heteroatoms. The zero-order chi connectivity index (χ0) is 26.2. The lowest BCUT2D eigenvalue weighted by atomic mass is 9.90. The number of ether oxygens (including phenoxy) is 2. The van der Waals surface area contributed by atoms with Gasteiger partial charge in [0.05, 0.1) is 8.07 Å². The van der Waals surface area contributed by atoms with Crippen molar-refractivity contribution in [2.24, 2.45) is 0 Å². The average molecular weight is 519 g/mol. The first-order chi connectivity index (χ1) is 17.0. The molecule has 1 atom stereocenters. The van der Waals surface area contributed by atoms with Gasteiger partial charge in [0.15, 0.2) is 11.5 Å². The van der Waals surface area contributed by atoms with Crippen molar-refractivity contribution in [3.8, 4) is 11.5 Å². The van der Waals surface area contributed by atoms with Crippen LogP contribution in [0.4, 0.5) is 14.5 Å². The summed E-state index contributed by atoms with van der Waals surface area (Å²) in [4.78, 5) is 38.8. The number of nitrogens with zero attached hydrogens (tertiary/aromatic N) is 1. The number of benzene rings is 2. The Morgan fingerprint density at radius 3 is 2.44 bits per heavy atom. The summed E-state index contributed by atoms with van der Waals surface area (Å²) < 4.78 is 40.6. The highest BCUT2D eigenvalue weighted by Gasteiger charge is 2.39. The van der Waals surface area contributed by atoms with Crippen molar-refractivity contribution in [3.63, 3.8) is 0 Å². The summed E-state index contributed by atoms with van der Waals surface area (Å²) in [5.41, 5.74) is 1.20. The van der Waals surface area contributed by atoms with Crippen molar-refractivity contribution in [1.29, 1.82) is 0 Å². The molecule has 0 unspecified atom stereocenters. The maximum atomic E-state index is 14.8. The second kappa shape index (κ2) is 9.88. The summed E-state index contributed by atoms with van der Waals surface area (Å²) in [7, 11) is -2.31. The van der Waals surface area contributed by atoms with E-state index in [-0.39, 0.29) is 49.4 Å². The lowest BCUT2D eigenvalue weighted by Gasteiger charge is -2.36. The van der Waals surface area contributed by atoms with Gasteiger partial charge in [-0.3, -0.25) is 14.4 Å². The molecule has 2 N–H and O–H groups in total. The predicted molar refractivity (Wildman–Crippen MR) is 130 cm³/mol. The predicted octanol–water partition coefficient (Wildman–Crippen LogP) is 3.56. The van der Waals surface area contributed by atoms with Crippen LogP contribution in [0.25, 0.3) is 0 Å². The highest BCUT2D eigenvalue weighted by atomic mass is 28.3. The maximum absolute atomic E-state index is 14.8. The van der Waals surface area contributed by atoms with Gasteiger partial charge in [-0.2, -0.15) is 0 Å². The zero-order valence-corrected chi connectivity index (χ0v) is 21.3. The molecule has 2 heterocycles. The summed E-state index contributed by atoms with van der Waals surface area (Å²) in [5, 5.41) is 11.5. The Bertz CT molecular complexity index is 1210. The number of fused-ring (bicyclic) bond motifs is 3. The van der Waals surface area contributed by atoms with E-state index in [1.54, 1.807) is 12.1 Å². The molecule has 0 fully saturated rings. The first-order valence-corrected chi connectivity index (χ1v) is 15.2. The van der Waals surface area contributed by atoms with Crippen LogP contribution in [0.1, 0.15) is 36.4 Å². The highest BCUT2D eigenvalue weighted by molar-refractivity contribution is 6.88. The molecular formula is C25H28F2N2O6Si. The minimum atomic E-state index is -2.31. The van der Waals surface area contributed by atoms with Gasteiger partial charge in [-0.25, -0.2) is 8.78 Å². The summed E-state index contributed by atoms with van der Waals surface area (Å²) in [5.74, 6) is -2.43. The van der Waals surface area contributed by atoms with Crippen molar-refractivity contribution in [3.05, 3.63) is 47.0 Å². The smallest absolute Gasteiger partial charge is 0.303 e. The summed E-state index contributed by atoms with van der Waals surface area (Å²) in [6.45, 7) is 5.70. The topological polar surface area (TPSA) is 105 Å². The zero-order valence-electron chi connectivity index (χ0n) is 20.3. The van der Waals surface area contributed by atoms with Crippen molar-refractivity contribution in [1.82, 2.24) is 4.90 Å². The minimum Gasteiger partial charge on any atom is -0.481 e. The number of anilines is 1. The van der Waals surface area contributed by atoms with Crippen LogP contribution in [-0.2, 0) is 20.8 Å². The molecule has 36 heavy (non-hydrogen) atoms. The monoisotopic (exact) mass is 518 g/mol. The van der Waals surface area contributed by atoms with Gasteiger partial charge in [-0.05, 0) is 36.6 Å². The number of hydrogen-bond donors (Lipinski definition) is 2. The molecule has 2 aromatic carbocycles. The molecule has 0 saturated carbocycles. The van der Waals surface area contributed by atoms with E-state index >= 15 is 0 Å². The van der Waals surface area contributed by atoms with Crippen LogP contribution in [-0.4, -0.2) is 49.2 Å². The highest BCUT2D eigenvalue weighted by Crippen LogP contribution is 2.43. The van der Waals surface area contributed by atoms with E-state index in [9.17, 15) is 23.2 Å². The number of hydrogen-bond acceptors (Lipinski definition) is 5. The van der Waals surface area contributed by atoms with Crippen LogP contribution >= 0.6 is 0 Å². The Morgan fingerprint density at radius 2 is 1.81 bits per heavy atom. The second-order valence-electron chi connectivity index (χ2n) is 9.91. The van der Waals surface area contributed by atoms with Gasteiger partial charge in [0.25, 0.3) is 5.91 Å². The number of carbonyl (C=O) groups is 3. The minimum absolute atomic E-state index is 0.0441. The molecule has 2 amide bonds. The van der Waals surface area contributed by atoms with E-state index < -0.39 is 37.6 Å². The maximum Gasteiger partial charge on any atom is 0.303 e. The summed E-state index contributed by atoms with van der Waals surface area (Å²) in [6.07, 6.45) is 0.309. The standard InChI is InChI=1S/C25H28F2N2O6Si/c1-36(2,3)24-17(26)11-14(12-18(24)27)28-25(33)22-15-7-8-19-23(35-13-34-19)16(15)9-10-29(22)20(30)5-4-6-21(31)32/h7-8,11-12,22H,4-6,9-10,13H2,1-3H3,(H,28,33)(H,31,32)/t22-/m1/s1. The first-order valence-electron chi connectivity index (χ1n) is 11.7. The molecule has 0 aliphatic carbocycles. The van der Waals surface area contributed by atoms with Gasteiger partial charge in [0, 0.05) is 35.8 Å². The van der Waals surface area contributed by atoms with Gasteiger partial charge in [0.1, 0.15) is 17.7 Å². The lowest BCUT2D eigenvalue weighted by Crippen LogP contribution is -2.45. The second-order valence-corrected chi connectivity index (χ2v) is 14.9. The average Bonchev–Trinajstić information content (AvgIpc) is 3.25. The van der Waals surface area contributed by atoms with Gasteiger partial charge >= 0.3 is 5.97 Å². The van der Waals surface area contributed by atoms with Crippen LogP contribution in [0.3, 0.4) is 0 Å². The first kappa shape index (κ1) is 25.6. The number of carboxylic acid groups (broad SMARTS) is 1. The molecule has 0 aromatic heterocycles. The fourth-order valence-electron chi connectivity index (χ4n) is 4.75. The van der Waals surface area contributed by atoms with Crippen molar-refractivity contribution < 1.29 is 37.7 Å². The van der Waals surface area contributed by atoms with Crippen molar-refractivity contribution >= 4 is 36.7 Å². The van der Waals surface area contributed by atoms with E-state index in [0.717, 1.165) is 17.7 Å². The molecule has 2 aliphatic heterocycles. The number of rotatable bonds is 7. The third-order valence-corrected chi connectivity index (χ3v) is 8.27. The molecule has 4 rings (SSSR count). The number of nitrogens with one attached hydrogen (secondary N) is 1. The molecule has 0 radical (unpaired) electrons. The Morgan fingerprint density at radius 1 is 1.11 bits per heavy atom. The van der Waals surface area contributed by atoms with E-state index in [0.29, 0.717) is 23.5 Å². The molecular weight excluding hydrogens is 490 g/mol. The largest absolute Gasteiger partial charge is 0.481 e. The van der Waals surface area contributed by atoms with Gasteiger partial charge in [-0.15, -0.1) is 0 Å². The molecule has 0 saturated heterocycles. The van der Waals surface area contributed by atoms with Gasteiger partial charge in [-0.1, -0.05) is 25.7 Å². The van der Waals surface area contributed by atoms with Crippen LogP contribution in [0.15, 0.2) is 24.3 Å². The van der Waals surface area contributed by atoms with Gasteiger partial charge < -0.3 is 24.8 Å². The van der Waals surface area contributed by atoms with E-state index in [4.69, 9.17) is 14.6 Å². The third-order valence-electron chi connectivity index (χ3n) is 6.30. The number of aliphatic carboxylic acids is 1. The number of carboxylic acids is 1. The molecule has 2 aliphatic rings. The molecule has 192 valence electrons. The van der Waals surface area contributed by atoms with E-state index in [1.807, 2.05) is 19.6 Å². The summed E-state index contributed by atoms with van der Waals surface area (Å²) in [6, 6.07) is 4.43. The number of amides is 2. The molecule has 2 aromatic rings. The Labute approximate surface area is 208 Å². The Balaban J connectivity index is 1.66. The normalized spacial score (nSPS) is 16.5. The van der Waals surface area contributed by atoms with Crippen LogP contribution < -0.4 is 20.0 Å². The van der Waals surface area contributed by atoms with Crippen LogP contribution in [0.2, 0.25) is 19.6 Å². The Kier molecular flexibility index (Phi) is 7.03. The molecule has 8 nitrogen and oxygen atoms in total.